The van der Waals surface area contributed by atoms with Crippen LogP contribution in [0.3, 0.4) is 0 Å². The van der Waals surface area contributed by atoms with E-state index in [1.165, 1.54) is 0 Å². The van der Waals surface area contributed by atoms with Gasteiger partial charge in [-0.15, -0.1) is 0 Å². The third-order valence-electron chi connectivity index (χ3n) is 0.167. The molecule has 0 aromatic rings. The van der Waals surface area contributed by atoms with E-state index in [1.807, 2.05) is 0 Å². The zero-order chi connectivity index (χ0) is 17.7. The molecule has 0 fully saturated rings. The molecule has 0 atom stereocenters. The van der Waals surface area contributed by atoms with Crippen LogP contribution in [0.1, 0.15) is 27.7 Å². The van der Waals surface area contributed by atoms with Gasteiger partial charge in [0.05, 0.1) is 0 Å². The summed E-state index contributed by atoms with van der Waals surface area (Å²) in [7, 11) is 0. The van der Waals surface area contributed by atoms with Gasteiger partial charge in [-0.05, 0) is 0 Å². The van der Waals surface area contributed by atoms with Crippen molar-refractivity contribution in [1.82, 2.24) is 0 Å². The molecule has 21 heavy (non-hydrogen) atoms. The molecule has 0 bridgehead atoms. The standard InChI is InChI=1S/C2H8N2.4C2H4O2.Zn/c3-1-2-4;4*1-2(3)4;/h1-4H2;4*1H3,(H,3,4);. The van der Waals surface area contributed by atoms with Crippen molar-refractivity contribution in [2.75, 3.05) is 13.1 Å². The first kappa shape index (κ1) is 36.6. The van der Waals surface area contributed by atoms with Crippen LogP contribution in [0, 0.1) is 0 Å². The molecule has 0 rings (SSSR count). The first-order chi connectivity index (χ1) is 8.84. The van der Waals surface area contributed by atoms with Gasteiger partial charge < -0.3 is 31.9 Å². The van der Waals surface area contributed by atoms with E-state index in [0.717, 1.165) is 27.7 Å². The number of carboxylic acid groups (broad SMARTS) is 4. The number of hydrogen-bond acceptors (Lipinski definition) is 6. The average Bonchev–Trinajstić information content (AvgIpc) is 2.13. The van der Waals surface area contributed by atoms with Crippen LogP contribution in [0.25, 0.3) is 0 Å². The summed E-state index contributed by atoms with van der Waals surface area (Å²) in [5.74, 6) is -3.33. The third-order valence-corrected chi connectivity index (χ3v) is 0.167. The number of aliphatic carboxylic acids is 4. The van der Waals surface area contributed by atoms with E-state index in [9.17, 15) is 0 Å². The zero-order valence-electron chi connectivity index (χ0n) is 12.7. The molecule has 0 aliphatic carbocycles. The molecule has 0 amide bonds. The van der Waals surface area contributed by atoms with Crippen LogP contribution in [0.5, 0.6) is 0 Å². The molecule has 0 aliphatic heterocycles. The molecular weight excluding hydrogens is 342 g/mol. The molecule has 8 N–H and O–H groups in total. The Bertz CT molecular complexity index is 195. The summed E-state index contributed by atoms with van der Waals surface area (Å²) in [4.78, 5) is 36.0. The van der Waals surface area contributed by atoms with E-state index < -0.39 is 23.9 Å². The summed E-state index contributed by atoms with van der Waals surface area (Å²) < 4.78 is 0. The Labute approximate surface area is 135 Å². The SMILES string of the molecule is CC(=O)O.CC(=O)O.CC(=O)O.CC(=O)O.NCCN.[Zn]. The zero-order valence-corrected chi connectivity index (χ0v) is 15.7. The fraction of sp³-hybridized carbons (Fsp3) is 0.600. The van der Waals surface area contributed by atoms with Gasteiger partial charge in [0.2, 0.25) is 0 Å². The van der Waals surface area contributed by atoms with Gasteiger partial charge in [0.25, 0.3) is 23.9 Å². The van der Waals surface area contributed by atoms with Crippen molar-refractivity contribution in [1.29, 1.82) is 0 Å². The molecule has 0 aromatic carbocycles. The minimum absolute atomic E-state index is 0. The predicted octanol–water partition coefficient (Wildman–Crippen LogP) is -0.735. The number of carbonyl (C=O) groups is 4. The van der Waals surface area contributed by atoms with E-state index in [0.29, 0.717) is 13.1 Å². The van der Waals surface area contributed by atoms with Gasteiger partial charge in [-0.1, -0.05) is 0 Å². The van der Waals surface area contributed by atoms with Crippen molar-refractivity contribution >= 4 is 23.9 Å². The van der Waals surface area contributed by atoms with Gasteiger partial charge >= 0.3 is 0 Å². The molecule has 124 valence electrons. The maximum absolute atomic E-state index is 9.00. The molecule has 0 radical (unpaired) electrons. The molecule has 0 aromatic heterocycles. The molecule has 10 nitrogen and oxygen atoms in total. The predicted molar refractivity (Wildman–Crippen MR) is 71.3 cm³/mol. The fourth-order valence-electron chi connectivity index (χ4n) is 0. The Kier molecular flexibility index (Phi) is 63.1. The van der Waals surface area contributed by atoms with Crippen molar-refractivity contribution in [2.45, 2.75) is 27.7 Å². The minimum atomic E-state index is -0.833. The number of rotatable bonds is 1. The maximum Gasteiger partial charge on any atom is 0.300 e. The van der Waals surface area contributed by atoms with Crippen LogP contribution in [-0.2, 0) is 38.7 Å². The van der Waals surface area contributed by atoms with Crippen LogP contribution in [0.4, 0.5) is 0 Å². The average molecular weight is 366 g/mol. The molecule has 0 saturated heterocycles. The summed E-state index contributed by atoms with van der Waals surface area (Å²) in [6.45, 7) is 5.53. The van der Waals surface area contributed by atoms with Crippen LogP contribution in [0.15, 0.2) is 0 Å². The number of nitrogens with two attached hydrogens (primary N) is 2. The van der Waals surface area contributed by atoms with Crippen LogP contribution >= 0.6 is 0 Å². The second-order valence-corrected chi connectivity index (χ2v) is 2.65. The van der Waals surface area contributed by atoms with E-state index in [1.54, 1.807) is 0 Å². The van der Waals surface area contributed by atoms with Crippen molar-refractivity contribution in [2.24, 2.45) is 11.5 Å². The Balaban J connectivity index is -0.0000000331. The maximum atomic E-state index is 9.00. The minimum Gasteiger partial charge on any atom is -0.481 e. The Morgan fingerprint density at radius 3 is 0.667 bits per heavy atom. The molecule has 0 unspecified atom stereocenters. The Morgan fingerprint density at radius 1 is 0.619 bits per heavy atom. The monoisotopic (exact) mass is 364 g/mol. The molecule has 11 heteroatoms. The third kappa shape index (κ3) is 14900. The van der Waals surface area contributed by atoms with Crippen LogP contribution < -0.4 is 11.5 Å². The summed E-state index contributed by atoms with van der Waals surface area (Å²) in [5, 5.41) is 29.7. The van der Waals surface area contributed by atoms with Gasteiger partial charge in [-0.3, -0.25) is 19.2 Å². The first-order valence-electron chi connectivity index (χ1n) is 5.03. The van der Waals surface area contributed by atoms with E-state index >= 15 is 0 Å². The summed E-state index contributed by atoms with van der Waals surface area (Å²) in [6, 6.07) is 0. The molecular formula is C10H24N2O8Zn. The van der Waals surface area contributed by atoms with Crippen molar-refractivity contribution in [3.63, 3.8) is 0 Å². The van der Waals surface area contributed by atoms with Gasteiger partial charge in [0.15, 0.2) is 0 Å². The van der Waals surface area contributed by atoms with Crippen molar-refractivity contribution in [3.8, 4) is 0 Å². The molecule has 0 spiro atoms. The van der Waals surface area contributed by atoms with Gasteiger partial charge in [-0.25, -0.2) is 0 Å². The van der Waals surface area contributed by atoms with Gasteiger partial charge in [-0.2, -0.15) is 0 Å². The number of hydrogen-bond donors (Lipinski definition) is 6. The summed E-state index contributed by atoms with van der Waals surface area (Å²) in [5.41, 5.74) is 9.81. The van der Waals surface area contributed by atoms with E-state index in [-0.39, 0.29) is 19.5 Å². The normalized spacial score (nSPS) is 6.19. The second kappa shape index (κ2) is 36.2. The Hall–Kier alpha value is -1.58. The summed E-state index contributed by atoms with van der Waals surface area (Å²) in [6.07, 6.45) is 0. The second-order valence-electron chi connectivity index (χ2n) is 2.65. The quantitative estimate of drug-likeness (QED) is 0.321. The molecule has 0 heterocycles. The smallest absolute Gasteiger partial charge is 0.300 e. The van der Waals surface area contributed by atoms with Gasteiger partial charge in [0, 0.05) is 60.3 Å². The van der Waals surface area contributed by atoms with Crippen molar-refractivity contribution < 1.29 is 59.1 Å². The van der Waals surface area contributed by atoms with Gasteiger partial charge in [0.1, 0.15) is 0 Å². The molecule has 0 saturated carbocycles. The van der Waals surface area contributed by atoms with E-state index in [2.05, 4.69) is 0 Å². The van der Waals surface area contributed by atoms with Crippen LogP contribution in [0.2, 0.25) is 0 Å². The topological polar surface area (TPSA) is 201 Å². The van der Waals surface area contributed by atoms with E-state index in [4.69, 9.17) is 51.1 Å². The number of carboxylic acids is 4. The molecule has 0 aliphatic rings. The Morgan fingerprint density at radius 2 is 0.667 bits per heavy atom. The fourth-order valence-corrected chi connectivity index (χ4v) is 0. The first-order valence-corrected chi connectivity index (χ1v) is 5.03. The largest absolute Gasteiger partial charge is 0.481 e. The van der Waals surface area contributed by atoms with Crippen LogP contribution in [-0.4, -0.2) is 57.4 Å². The van der Waals surface area contributed by atoms with Crippen molar-refractivity contribution in [3.05, 3.63) is 0 Å². The summed E-state index contributed by atoms with van der Waals surface area (Å²) >= 11 is 0.